The molecule has 116 valence electrons. The van der Waals surface area contributed by atoms with Gasteiger partial charge in [-0.05, 0) is 42.0 Å². The second-order valence-electron chi connectivity index (χ2n) is 5.45. The Morgan fingerprint density at radius 1 is 1.09 bits per heavy atom. The van der Waals surface area contributed by atoms with E-state index in [2.05, 4.69) is 0 Å². The molecule has 0 N–H and O–H groups in total. The summed E-state index contributed by atoms with van der Waals surface area (Å²) in [6.45, 7) is 0. The Labute approximate surface area is 143 Å². The lowest BCUT2D eigenvalue weighted by molar-refractivity contribution is -0.119. The molecule has 1 amide bonds. The van der Waals surface area contributed by atoms with Crippen LogP contribution < -0.4 is 4.90 Å². The third-order valence-corrected chi connectivity index (χ3v) is 5.80. The molecule has 0 radical (unpaired) electrons. The molecule has 4 rings (SSSR count). The molecule has 0 unspecified atom stereocenters. The first-order chi connectivity index (χ1) is 11.2. The molecule has 3 nitrogen and oxygen atoms in total. The molecule has 2 aromatic carbocycles. The van der Waals surface area contributed by atoms with Gasteiger partial charge in [0.05, 0.1) is 5.69 Å². The van der Waals surface area contributed by atoms with Crippen LogP contribution in [0, 0.1) is 5.82 Å². The average Bonchev–Trinajstić information content (AvgIpc) is 3.10. The summed E-state index contributed by atoms with van der Waals surface area (Å²) < 4.78 is 13.2. The molecular formula is C17H13FN2OS2. The lowest BCUT2D eigenvalue weighted by Gasteiger charge is -2.25. The molecule has 2 fully saturated rings. The molecule has 2 saturated heterocycles. The van der Waals surface area contributed by atoms with Crippen molar-refractivity contribution >= 4 is 40.7 Å². The number of thiocarbonyl (C=S) groups is 1. The number of hydrogen-bond donors (Lipinski definition) is 0. The number of carbonyl (C=O) groups excluding carboxylic acids is 1. The number of amides is 1. The van der Waals surface area contributed by atoms with E-state index in [4.69, 9.17) is 12.2 Å². The van der Waals surface area contributed by atoms with Crippen LogP contribution in [0.3, 0.4) is 0 Å². The van der Waals surface area contributed by atoms with Crippen LogP contribution in [0.2, 0.25) is 0 Å². The van der Waals surface area contributed by atoms with Crippen molar-refractivity contribution in [2.45, 2.75) is 11.4 Å². The largest absolute Gasteiger partial charge is 0.319 e. The van der Waals surface area contributed by atoms with E-state index in [0.717, 1.165) is 11.3 Å². The highest BCUT2D eigenvalue weighted by molar-refractivity contribution is 7.99. The first-order valence-corrected chi connectivity index (χ1v) is 8.71. The molecule has 23 heavy (non-hydrogen) atoms. The van der Waals surface area contributed by atoms with Gasteiger partial charge in [-0.2, -0.15) is 0 Å². The fourth-order valence-corrected chi connectivity index (χ4v) is 4.91. The number of anilines is 1. The normalized spacial score (nSPS) is 23.5. The summed E-state index contributed by atoms with van der Waals surface area (Å²) in [4.78, 5) is 16.3. The maximum Gasteiger partial charge on any atom is 0.257 e. The minimum absolute atomic E-state index is 0.0123. The van der Waals surface area contributed by atoms with Crippen LogP contribution in [-0.4, -0.2) is 27.7 Å². The zero-order valence-electron chi connectivity index (χ0n) is 12.1. The fraction of sp³-hybridized carbons (Fsp3) is 0.176. The van der Waals surface area contributed by atoms with Gasteiger partial charge in [0.15, 0.2) is 5.11 Å². The van der Waals surface area contributed by atoms with Gasteiger partial charge in [0.2, 0.25) is 0 Å². The Balaban J connectivity index is 1.68. The zero-order valence-corrected chi connectivity index (χ0v) is 13.7. The van der Waals surface area contributed by atoms with E-state index >= 15 is 0 Å². The number of fused-ring (bicyclic) bond motifs is 1. The summed E-state index contributed by atoms with van der Waals surface area (Å²) in [5, 5.41) is 0.469. The molecule has 0 spiro atoms. The summed E-state index contributed by atoms with van der Waals surface area (Å²) in [6.07, 6.45) is 0. The van der Waals surface area contributed by atoms with Crippen molar-refractivity contribution in [2.24, 2.45) is 0 Å². The summed E-state index contributed by atoms with van der Waals surface area (Å²) in [5.74, 6) is 0.433. The van der Waals surface area contributed by atoms with Gasteiger partial charge >= 0.3 is 0 Å². The van der Waals surface area contributed by atoms with Crippen LogP contribution in [0.25, 0.3) is 0 Å². The zero-order chi connectivity index (χ0) is 16.0. The van der Waals surface area contributed by atoms with Gasteiger partial charge in [-0.25, -0.2) is 4.39 Å². The predicted molar refractivity (Wildman–Crippen MR) is 93.8 cm³/mol. The number of thioether (sulfide) groups is 1. The highest BCUT2D eigenvalue weighted by Crippen LogP contribution is 2.46. The molecule has 0 bridgehead atoms. The molecule has 0 saturated carbocycles. The number of rotatable bonds is 2. The maximum absolute atomic E-state index is 13.2. The fourth-order valence-electron chi connectivity index (χ4n) is 2.99. The molecule has 2 atom stereocenters. The number of nitrogens with zero attached hydrogens (tertiary/aromatic N) is 2. The number of carbonyl (C=O) groups is 1. The van der Waals surface area contributed by atoms with Gasteiger partial charge in [-0.1, -0.05) is 30.3 Å². The monoisotopic (exact) mass is 344 g/mol. The SMILES string of the molecule is O=C1[C@H]2CS[C@H](c3ccc(F)cc3)N2C(=S)N1c1ccccc1. The van der Waals surface area contributed by atoms with Gasteiger partial charge in [-0.15, -0.1) is 11.8 Å². The van der Waals surface area contributed by atoms with Crippen molar-refractivity contribution in [3.05, 3.63) is 66.0 Å². The molecule has 2 heterocycles. The van der Waals surface area contributed by atoms with E-state index in [0.29, 0.717) is 10.9 Å². The Morgan fingerprint density at radius 3 is 2.48 bits per heavy atom. The topological polar surface area (TPSA) is 23.6 Å². The van der Waals surface area contributed by atoms with Crippen molar-refractivity contribution < 1.29 is 9.18 Å². The maximum atomic E-state index is 13.2. The minimum Gasteiger partial charge on any atom is -0.319 e. The third-order valence-electron chi connectivity index (χ3n) is 4.09. The van der Waals surface area contributed by atoms with Gasteiger partial charge in [-0.3, -0.25) is 9.69 Å². The van der Waals surface area contributed by atoms with E-state index in [1.54, 1.807) is 28.8 Å². The van der Waals surface area contributed by atoms with Crippen LogP contribution in [0.5, 0.6) is 0 Å². The van der Waals surface area contributed by atoms with Crippen molar-refractivity contribution in [3.8, 4) is 0 Å². The van der Waals surface area contributed by atoms with Crippen molar-refractivity contribution in [1.29, 1.82) is 0 Å². The quantitative estimate of drug-likeness (QED) is 0.777. The lowest BCUT2D eigenvalue weighted by Crippen LogP contribution is -2.33. The standard InChI is InChI=1S/C17H13FN2OS2/c18-12-8-6-11(7-9-12)16-20-14(10-23-16)15(21)19(17(20)22)13-4-2-1-3-5-13/h1-9,14,16H,10H2/t14-,16-/m1/s1. The Kier molecular flexibility index (Phi) is 3.58. The molecule has 0 aromatic heterocycles. The van der Waals surface area contributed by atoms with E-state index in [9.17, 15) is 9.18 Å². The van der Waals surface area contributed by atoms with Crippen LogP contribution >= 0.6 is 24.0 Å². The van der Waals surface area contributed by atoms with Crippen LogP contribution in [0.15, 0.2) is 54.6 Å². The highest BCUT2D eigenvalue weighted by atomic mass is 32.2. The van der Waals surface area contributed by atoms with Gasteiger partial charge in [0, 0.05) is 5.75 Å². The van der Waals surface area contributed by atoms with E-state index in [-0.39, 0.29) is 23.1 Å². The first-order valence-electron chi connectivity index (χ1n) is 7.25. The number of para-hydroxylation sites is 1. The summed E-state index contributed by atoms with van der Waals surface area (Å²) in [7, 11) is 0. The van der Waals surface area contributed by atoms with E-state index in [1.165, 1.54) is 12.1 Å². The molecule has 6 heteroatoms. The second kappa shape index (κ2) is 5.62. The molecule has 0 aliphatic carbocycles. The summed E-state index contributed by atoms with van der Waals surface area (Å²) in [5.41, 5.74) is 1.75. The predicted octanol–water partition coefficient (Wildman–Crippen LogP) is 3.57. The van der Waals surface area contributed by atoms with Gasteiger partial charge in [0.1, 0.15) is 17.2 Å². The first kappa shape index (κ1) is 14.7. The number of benzene rings is 2. The lowest BCUT2D eigenvalue weighted by atomic mass is 10.2. The van der Waals surface area contributed by atoms with Gasteiger partial charge < -0.3 is 4.90 Å². The third kappa shape index (κ3) is 2.33. The van der Waals surface area contributed by atoms with Crippen LogP contribution in [0.4, 0.5) is 10.1 Å². The molecule has 2 aliphatic heterocycles. The van der Waals surface area contributed by atoms with Crippen molar-refractivity contribution in [2.75, 3.05) is 10.7 Å². The summed E-state index contributed by atoms with van der Waals surface area (Å²) >= 11 is 7.25. The second-order valence-corrected chi connectivity index (χ2v) is 6.93. The van der Waals surface area contributed by atoms with E-state index in [1.807, 2.05) is 35.2 Å². The van der Waals surface area contributed by atoms with Crippen molar-refractivity contribution in [3.63, 3.8) is 0 Å². The van der Waals surface area contributed by atoms with E-state index < -0.39 is 0 Å². The highest BCUT2D eigenvalue weighted by Gasteiger charge is 2.50. The average molecular weight is 344 g/mol. The molecule has 2 aliphatic rings. The number of hydrogen-bond acceptors (Lipinski definition) is 3. The number of halogens is 1. The minimum atomic E-state index is -0.265. The van der Waals surface area contributed by atoms with Crippen molar-refractivity contribution in [1.82, 2.24) is 4.90 Å². The Bertz CT molecular complexity index is 766. The van der Waals surface area contributed by atoms with Crippen LogP contribution in [0.1, 0.15) is 10.9 Å². The smallest absolute Gasteiger partial charge is 0.257 e. The van der Waals surface area contributed by atoms with Crippen LogP contribution in [-0.2, 0) is 4.79 Å². The Hall–Kier alpha value is -1.92. The Morgan fingerprint density at radius 2 is 1.78 bits per heavy atom. The van der Waals surface area contributed by atoms with Gasteiger partial charge in [0.25, 0.3) is 5.91 Å². The molecular weight excluding hydrogens is 331 g/mol. The molecule has 2 aromatic rings. The summed E-state index contributed by atoms with van der Waals surface area (Å²) in [6, 6.07) is 15.6.